The van der Waals surface area contributed by atoms with E-state index in [1.165, 1.54) is 28.4 Å². The number of nitrogens with zero attached hydrogens (tertiary/aromatic N) is 2. The van der Waals surface area contributed by atoms with Crippen molar-refractivity contribution in [2.24, 2.45) is 0 Å². The summed E-state index contributed by atoms with van der Waals surface area (Å²) in [6.07, 6.45) is 0. The highest BCUT2D eigenvalue weighted by Gasteiger charge is 2.07. The van der Waals surface area contributed by atoms with Gasteiger partial charge in [0.05, 0.1) is 5.69 Å². The normalized spacial score (nSPS) is 11.1. The smallest absolute Gasteiger partial charge is 0.272 e. The molecule has 0 saturated heterocycles. The third-order valence-corrected chi connectivity index (χ3v) is 3.93. The van der Waals surface area contributed by atoms with Crippen molar-refractivity contribution < 1.29 is 4.39 Å². The molecule has 0 fully saturated rings. The van der Waals surface area contributed by atoms with Gasteiger partial charge in [-0.25, -0.2) is 13.9 Å². The molecule has 0 saturated carbocycles. The van der Waals surface area contributed by atoms with E-state index >= 15 is 0 Å². The molecule has 6 heteroatoms. The van der Waals surface area contributed by atoms with Crippen LogP contribution in [0, 0.1) is 12.7 Å². The van der Waals surface area contributed by atoms with Crippen LogP contribution in [0.2, 0.25) is 0 Å². The summed E-state index contributed by atoms with van der Waals surface area (Å²) in [4.78, 5) is 16.8. The molecular weight excluding hydrogens is 277 g/mol. The second kappa shape index (κ2) is 5.13. The molecule has 0 spiro atoms. The van der Waals surface area contributed by atoms with Gasteiger partial charge in [0.2, 0.25) is 0 Å². The highest BCUT2D eigenvalue weighted by molar-refractivity contribution is 7.98. The fourth-order valence-electron chi connectivity index (χ4n) is 1.95. The van der Waals surface area contributed by atoms with E-state index in [1.54, 1.807) is 24.3 Å². The molecule has 1 N–H and O–H groups in total. The largest absolute Gasteiger partial charge is 0.294 e. The van der Waals surface area contributed by atoms with E-state index in [-0.39, 0.29) is 11.4 Å². The number of nitrogens with one attached hydrogen (secondary N) is 1. The fraction of sp³-hybridized carbons (Fsp3) is 0.143. The van der Waals surface area contributed by atoms with Gasteiger partial charge in [-0.1, -0.05) is 12.1 Å². The Labute approximate surface area is 118 Å². The SMILES string of the molecule is Cc1cc2nc(CSc3ccccc3F)cc(=O)n2[nH]1. The van der Waals surface area contributed by atoms with Gasteiger partial charge in [0.1, 0.15) is 5.82 Å². The molecule has 0 aliphatic carbocycles. The van der Waals surface area contributed by atoms with Gasteiger partial charge in [0.25, 0.3) is 5.56 Å². The summed E-state index contributed by atoms with van der Waals surface area (Å²) < 4.78 is 14.9. The Balaban J connectivity index is 1.88. The molecule has 2 heterocycles. The van der Waals surface area contributed by atoms with Crippen LogP contribution in [-0.4, -0.2) is 14.6 Å². The van der Waals surface area contributed by atoms with Gasteiger partial charge in [-0.2, -0.15) is 0 Å². The predicted octanol–water partition coefficient (Wildman–Crippen LogP) is 2.76. The molecule has 0 radical (unpaired) electrons. The van der Waals surface area contributed by atoms with E-state index in [2.05, 4.69) is 10.1 Å². The van der Waals surface area contributed by atoms with Crippen LogP contribution in [-0.2, 0) is 5.75 Å². The van der Waals surface area contributed by atoms with Crippen LogP contribution < -0.4 is 5.56 Å². The van der Waals surface area contributed by atoms with E-state index in [0.29, 0.717) is 22.0 Å². The van der Waals surface area contributed by atoms with Gasteiger partial charge >= 0.3 is 0 Å². The molecule has 3 rings (SSSR count). The molecule has 20 heavy (non-hydrogen) atoms. The van der Waals surface area contributed by atoms with Gasteiger partial charge < -0.3 is 0 Å². The van der Waals surface area contributed by atoms with Crippen molar-refractivity contribution in [1.29, 1.82) is 0 Å². The summed E-state index contributed by atoms with van der Waals surface area (Å²) in [6, 6.07) is 9.84. The molecule has 2 aromatic heterocycles. The maximum absolute atomic E-state index is 13.5. The van der Waals surface area contributed by atoms with Crippen LogP contribution in [0.3, 0.4) is 0 Å². The van der Waals surface area contributed by atoms with Crippen LogP contribution in [0.25, 0.3) is 5.65 Å². The monoisotopic (exact) mass is 289 g/mol. The number of thioether (sulfide) groups is 1. The second-order valence-electron chi connectivity index (χ2n) is 4.44. The van der Waals surface area contributed by atoms with Crippen molar-refractivity contribution >= 4 is 17.4 Å². The number of aromatic nitrogens is 3. The van der Waals surface area contributed by atoms with Crippen molar-refractivity contribution in [2.75, 3.05) is 0 Å². The number of halogens is 1. The van der Waals surface area contributed by atoms with Gasteiger partial charge in [-0.15, -0.1) is 11.8 Å². The summed E-state index contributed by atoms with van der Waals surface area (Å²) in [7, 11) is 0. The Morgan fingerprint density at radius 1 is 1.35 bits per heavy atom. The van der Waals surface area contributed by atoms with Crippen molar-refractivity contribution in [3.8, 4) is 0 Å². The number of H-pyrrole nitrogens is 1. The minimum Gasteiger partial charge on any atom is -0.294 e. The van der Waals surface area contributed by atoms with E-state index in [4.69, 9.17) is 0 Å². The minimum atomic E-state index is -0.257. The molecule has 1 aromatic carbocycles. The Bertz CT molecular complexity index is 825. The van der Waals surface area contributed by atoms with Crippen LogP contribution >= 0.6 is 11.8 Å². The predicted molar refractivity (Wildman–Crippen MR) is 76.5 cm³/mol. The molecule has 102 valence electrons. The first kappa shape index (κ1) is 12.9. The number of rotatable bonds is 3. The van der Waals surface area contributed by atoms with Crippen molar-refractivity contribution in [3.63, 3.8) is 0 Å². The molecular formula is C14H12FN3OS. The minimum absolute atomic E-state index is 0.160. The number of benzene rings is 1. The number of aromatic amines is 1. The number of hydrogen-bond acceptors (Lipinski definition) is 3. The van der Waals surface area contributed by atoms with Crippen LogP contribution in [0.1, 0.15) is 11.4 Å². The van der Waals surface area contributed by atoms with Gasteiger partial charge in [0, 0.05) is 28.5 Å². The third-order valence-electron chi connectivity index (χ3n) is 2.84. The number of fused-ring (bicyclic) bond motifs is 1. The van der Waals surface area contributed by atoms with Crippen LogP contribution in [0.15, 0.2) is 46.1 Å². The number of hydrogen-bond donors (Lipinski definition) is 1. The zero-order valence-electron chi connectivity index (χ0n) is 10.8. The Morgan fingerprint density at radius 2 is 2.15 bits per heavy atom. The van der Waals surface area contributed by atoms with Gasteiger partial charge in [0.15, 0.2) is 5.65 Å². The zero-order chi connectivity index (χ0) is 14.1. The summed E-state index contributed by atoms with van der Waals surface area (Å²) in [5.41, 5.74) is 1.93. The standard InChI is InChI=1S/C14H12FN3OS/c1-9-6-13-16-10(7-14(19)18(13)17-9)8-20-12-5-3-2-4-11(12)15/h2-7,17H,8H2,1H3. The van der Waals surface area contributed by atoms with Crippen LogP contribution in [0.4, 0.5) is 4.39 Å². The van der Waals surface area contributed by atoms with Crippen LogP contribution in [0.5, 0.6) is 0 Å². The molecule has 0 bridgehead atoms. The number of aryl methyl sites for hydroxylation is 1. The maximum atomic E-state index is 13.5. The molecule has 4 nitrogen and oxygen atoms in total. The second-order valence-corrected chi connectivity index (χ2v) is 5.45. The third kappa shape index (κ3) is 2.46. The van der Waals surface area contributed by atoms with Gasteiger partial charge in [-0.3, -0.25) is 9.89 Å². The van der Waals surface area contributed by atoms with Crippen molar-refractivity contribution in [2.45, 2.75) is 17.6 Å². The molecule has 0 amide bonds. The first-order chi connectivity index (χ1) is 9.63. The average Bonchev–Trinajstić information content (AvgIpc) is 2.79. The summed E-state index contributed by atoms with van der Waals surface area (Å²) in [5.74, 6) is 0.199. The van der Waals surface area contributed by atoms with Crippen molar-refractivity contribution in [3.05, 3.63) is 64.0 Å². The molecule has 0 aliphatic rings. The Kier molecular flexibility index (Phi) is 3.31. The van der Waals surface area contributed by atoms with Crippen molar-refractivity contribution in [1.82, 2.24) is 14.6 Å². The Hall–Kier alpha value is -2.08. The first-order valence-corrected chi connectivity index (χ1v) is 7.08. The lowest BCUT2D eigenvalue weighted by atomic mass is 10.3. The lowest BCUT2D eigenvalue weighted by Gasteiger charge is -2.03. The van der Waals surface area contributed by atoms with E-state index < -0.39 is 0 Å². The Morgan fingerprint density at radius 3 is 2.95 bits per heavy atom. The highest BCUT2D eigenvalue weighted by Crippen LogP contribution is 2.24. The summed E-state index contributed by atoms with van der Waals surface area (Å²) in [6.45, 7) is 1.86. The average molecular weight is 289 g/mol. The van der Waals surface area contributed by atoms with Gasteiger partial charge in [-0.05, 0) is 19.1 Å². The molecule has 0 aliphatic heterocycles. The van der Waals surface area contributed by atoms with E-state index in [9.17, 15) is 9.18 Å². The summed E-state index contributed by atoms with van der Waals surface area (Å²) in [5, 5.41) is 2.91. The lowest BCUT2D eigenvalue weighted by Crippen LogP contribution is -2.15. The highest BCUT2D eigenvalue weighted by atomic mass is 32.2. The van der Waals surface area contributed by atoms with E-state index in [1.807, 2.05) is 6.92 Å². The quantitative estimate of drug-likeness (QED) is 0.754. The zero-order valence-corrected chi connectivity index (χ0v) is 11.6. The molecule has 0 atom stereocenters. The molecule has 0 unspecified atom stereocenters. The molecule has 3 aromatic rings. The maximum Gasteiger partial charge on any atom is 0.272 e. The van der Waals surface area contributed by atoms with E-state index in [0.717, 1.165) is 5.69 Å². The fourth-order valence-corrected chi connectivity index (χ4v) is 2.78. The lowest BCUT2D eigenvalue weighted by molar-refractivity contribution is 0.602. The summed E-state index contributed by atoms with van der Waals surface area (Å²) >= 11 is 1.33. The first-order valence-electron chi connectivity index (χ1n) is 6.09. The topological polar surface area (TPSA) is 50.2 Å².